The number of carbonyl (C=O) groups is 3. The Morgan fingerprint density at radius 3 is 2.31 bits per heavy atom. The second-order valence-corrected chi connectivity index (χ2v) is 11.0. The zero-order valence-electron chi connectivity index (χ0n) is 25.4. The molecule has 3 amide bonds. The average Bonchev–Trinajstić information content (AvgIpc) is 2.92. The maximum atomic E-state index is 13.0. The Kier molecular flexibility index (Phi) is 12.8. The Morgan fingerprint density at radius 2 is 1.74 bits per heavy atom. The van der Waals surface area contributed by atoms with Gasteiger partial charge in [-0.25, -0.2) is 4.79 Å². The number of aromatic hydroxyl groups is 2. The molecule has 6 atom stereocenters. The number of phenols is 2. The van der Waals surface area contributed by atoms with Gasteiger partial charge in [-0.3, -0.25) is 9.59 Å². The van der Waals surface area contributed by atoms with Crippen LogP contribution in [0.15, 0.2) is 29.4 Å². The second-order valence-electron chi connectivity index (χ2n) is 11.0. The molecule has 0 radical (unpaired) electrons. The number of hydrogen-bond acceptors (Lipinski definition) is 9. The Balaban J connectivity index is 2.63. The van der Waals surface area contributed by atoms with E-state index in [1.54, 1.807) is 32.9 Å². The van der Waals surface area contributed by atoms with Gasteiger partial charge in [0, 0.05) is 38.2 Å². The Labute approximate surface area is 246 Å². The van der Waals surface area contributed by atoms with Crippen LogP contribution in [0.2, 0.25) is 0 Å². The number of carbonyl (C=O) groups excluding carboxylic acids is 3. The first-order valence-corrected chi connectivity index (χ1v) is 13.9. The zero-order valence-corrected chi connectivity index (χ0v) is 25.4. The summed E-state index contributed by atoms with van der Waals surface area (Å²) < 4.78 is 16.7. The van der Waals surface area contributed by atoms with Crippen molar-refractivity contribution in [3.05, 3.63) is 34.9 Å². The van der Waals surface area contributed by atoms with Gasteiger partial charge in [-0.2, -0.15) is 0 Å². The molecular formula is C30H45N3O9. The summed E-state index contributed by atoms with van der Waals surface area (Å²) in [6, 6.07) is 1.29. The van der Waals surface area contributed by atoms with Crippen molar-refractivity contribution in [3.63, 3.8) is 0 Å². The van der Waals surface area contributed by atoms with Gasteiger partial charge in [0.1, 0.15) is 11.5 Å². The van der Waals surface area contributed by atoms with Gasteiger partial charge in [-0.1, -0.05) is 26.0 Å². The van der Waals surface area contributed by atoms with Crippen LogP contribution >= 0.6 is 0 Å². The summed E-state index contributed by atoms with van der Waals surface area (Å²) in [5.74, 6) is -2.27. The van der Waals surface area contributed by atoms with Crippen molar-refractivity contribution in [1.82, 2.24) is 0 Å². The minimum atomic E-state index is -0.973. The number of primary amides is 1. The maximum absolute atomic E-state index is 13.0. The Hall–Kier alpha value is -3.61. The highest BCUT2D eigenvalue weighted by molar-refractivity contribution is 6.05. The van der Waals surface area contributed by atoms with Crippen molar-refractivity contribution < 1.29 is 43.9 Å². The van der Waals surface area contributed by atoms with Crippen LogP contribution in [-0.2, 0) is 30.2 Å². The molecule has 2 rings (SSSR count). The van der Waals surface area contributed by atoms with Gasteiger partial charge in [0.2, 0.25) is 5.91 Å². The molecule has 12 nitrogen and oxygen atoms in total. The van der Waals surface area contributed by atoms with Crippen LogP contribution in [0.5, 0.6) is 11.5 Å². The fourth-order valence-electron chi connectivity index (χ4n) is 5.20. The Morgan fingerprint density at radius 1 is 1.10 bits per heavy atom. The molecule has 0 fully saturated rings. The summed E-state index contributed by atoms with van der Waals surface area (Å²) in [5.41, 5.74) is 6.50. The topological polar surface area (TPSA) is 190 Å². The van der Waals surface area contributed by atoms with E-state index in [1.807, 2.05) is 6.92 Å². The number of aliphatic hydroxyl groups excluding tert-OH is 1. The molecule has 1 heterocycles. The van der Waals surface area contributed by atoms with Crippen LogP contribution in [0.3, 0.4) is 0 Å². The summed E-state index contributed by atoms with van der Waals surface area (Å²) in [4.78, 5) is 36.6. The van der Waals surface area contributed by atoms with Crippen LogP contribution in [0, 0.1) is 11.8 Å². The van der Waals surface area contributed by atoms with Crippen molar-refractivity contribution in [3.8, 4) is 11.5 Å². The number of amides is 3. The number of hydrogen-bond donors (Lipinski definition) is 6. The number of rotatable bonds is 4. The third-order valence-electron chi connectivity index (χ3n) is 7.46. The van der Waals surface area contributed by atoms with Crippen molar-refractivity contribution in [2.24, 2.45) is 17.6 Å². The third-order valence-corrected chi connectivity index (χ3v) is 7.46. The van der Waals surface area contributed by atoms with E-state index in [1.165, 1.54) is 27.2 Å². The van der Waals surface area contributed by atoms with Gasteiger partial charge in [0.25, 0.3) is 5.91 Å². The van der Waals surface area contributed by atoms with E-state index < -0.39 is 48.2 Å². The summed E-state index contributed by atoms with van der Waals surface area (Å²) in [6.45, 7) is 8.31. The predicted molar refractivity (Wildman–Crippen MR) is 158 cm³/mol. The van der Waals surface area contributed by atoms with Gasteiger partial charge >= 0.3 is 6.09 Å². The molecule has 1 aromatic rings. The highest BCUT2D eigenvalue weighted by Gasteiger charge is 2.31. The number of anilines is 2. The summed E-state index contributed by atoms with van der Waals surface area (Å²) in [5, 5.41) is 38.4. The van der Waals surface area contributed by atoms with E-state index in [-0.39, 0.29) is 40.8 Å². The first-order valence-electron chi connectivity index (χ1n) is 13.9. The number of allylic oxidation sites excluding steroid dienone is 1. The minimum absolute atomic E-state index is 0.0101. The fourth-order valence-corrected chi connectivity index (χ4v) is 5.20. The van der Waals surface area contributed by atoms with Crippen LogP contribution in [0.4, 0.5) is 16.2 Å². The van der Waals surface area contributed by atoms with Crippen molar-refractivity contribution >= 4 is 29.3 Å². The number of methoxy groups -OCH3 is 2. The van der Waals surface area contributed by atoms with Gasteiger partial charge in [-0.15, -0.1) is 0 Å². The molecule has 12 heteroatoms. The van der Waals surface area contributed by atoms with E-state index in [4.69, 9.17) is 19.9 Å². The highest BCUT2D eigenvalue weighted by Crippen LogP contribution is 2.42. The molecule has 0 saturated heterocycles. The molecule has 0 aliphatic carbocycles. The largest absolute Gasteiger partial charge is 0.505 e. The number of nitrogens with two attached hydrogens (primary N) is 1. The van der Waals surface area contributed by atoms with Crippen molar-refractivity contribution in [2.45, 2.75) is 84.7 Å². The minimum Gasteiger partial charge on any atom is -0.505 e. The van der Waals surface area contributed by atoms with Crippen LogP contribution in [-0.4, -0.2) is 71.9 Å². The Bertz CT molecular complexity index is 1200. The number of nitrogens with one attached hydrogen (secondary N) is 2. The molecule has 7 N–H and O–H groups in total. The number of fused-ring (bicyclic) bond motifs is 2. The average molecular weight is 592 g/mol. The van der Waals surface area contributed by atoms with Gasteiger partial charge < -0.3 is 45.9 Å². The third kappa shape index (κ3) is 9.20. The quantitative estimate of drug-likeness (QED) is 0.172. The fraction of sp³-hybridized carbons (Fsp3) is 0.567. The van der Waals surface area contributed by atoms with Crippen LogP contribution in [0.25, 0.3) is 0 Å². The molecule has 234 valence electrons. The van der Waals surface area contributed by atoms with Crippen molar-refractivity contribution in [1.29, 1.82) is 0 Å². The van der Waals surface area contributed by atoms with Gasteiger partial charge in [0.15, 0.2) is 6.10 Å². The van der Waals surface area contributed by atoms with E-state index in [2.05, 4.69) is 10.6 Å². The molecule has 0 aromatic heterocycles. The molecule has 0 saturated carbocycles. The lowest BCUT2D eigenvalue weighted by atomic mass is 9.87. The monoisotopic (exact) mass is 591 g/mol. The van der Waals surface area contributed by atoms with Gasteiger partial charge in [0.05, 0.1) is 29.7 Å². The molecule has 42 heavy (non-hydrogen) atoms. The van der Waals surface area contributed by atoms with E-state index >= 15 is 0 Å². The van der Waals surface area contributed by atoms with E-state index in [0.29, 0.717) is 30.4 Å². The smallest absolute Gasteiger partial charge is 0.405 e. The summed E-state index contributed by atoms with van der Waals surface area (Å²) >= 11 is 0. The predicted octanol–water partition coefficient (Wildman–Crippen LogP) is 3.74. The number of phenolic OH excluding ortho intramolecular Hbond substituents is 2. The lowest BCUT2D eigenvalue weighted by Gasteiger charge is -2.30. The zero-order chi connectivity index (χ0) is 31.7. The number of aliphatic hydroxyl groups is 1. The molecule has 1 aliphatic heterocycles. The highest BCUT2D eigenvalue weighted by atomic mass is 16.6. The maximum Gasteiger partial charge on any atom is 0.405 e. The molecule has 1 aromatic carbocycles. The van der Waals surface area contributed by atoms with Gasteiger partial charge in [-0.05, 0) is 57.1 Å². The SMILES string of the molecule is COC1CCC=C(C)C(=O)Nc2cc(NC(C)=O)c(O)c(c2O)CC(C)CC(OC)C(O)C(C)C=C(C)C1OC(N)=O. The van der Waals surface area contributed by atoms with Crippen LogP contribution < -0.4 is 16.4 Å². The van der Waals surface area contributed by atoms with E-state index in [0.717, 1.165) is 0 Å². The normalized spacial score (nSPS) is 26.4. The first kappa shape index (κ1) is 34.6. The molecule has 0 spiro atoms. The summed E-state index contributed by atoms with van der Waals surface area (Å²) in [7, 11) is 2.96. The van der Waals surface area contributed by atoms with Crippen molar-refractivity contribution in [2.75, 3.05) is 24.9 Å². The lowest BCUT2D eigenvalue weighted by molar-refractivity contribution is -0.114. The number of benzene rings is 1. The molecular weight excluding hydrogens is 546 g/mol. The molecule has 6 unspecified atom stereocenters. The molecule has 1 aliphatic rings. The number of ether oxygens (including phenoxy) is 3. The standard InChI is InChI=1S/C30H45N3O9/c1-15-11-20-26(36)21(32-19(5)34)14-22(27(20)37)33-29(38)16(2)9-8-10-23(40-6)28(42-30(31)39)18(4)13-17(3)25(35)24(12-15)41-7/h9,13-15,17,23-25,28,35-37H,8,10-12H2,1-7H3,(H2,31,39)(H,32,34)(H,33,38). The molecule has 2 bridgehead atoms. The second kappa shape index (κ2) is 15.6. The van der Waals surface area contributed by atoms with E-state index in [9.17, 15) is 29.7 Å². The lowest BCUT2D eigenvalue weighted by Crippen LogP contribution is -2.37. The summed E-state index contributed by atoms with van der Waals surface area (Å²) in [6.07, 6.45) is 0.670. The first-order chi connectivity index (χ1) is 19.7. The van der Waals surface area contributed by atoms with Crippen LogP contribution in [0.1, 0.15) is 59.4 Å².